The summed E-state index contributed by atoms with van der Waals surface area (Å²) in [4.78, 5) is 14.3. The van der Waals surface area contributed by atoms with E-state index in [9.17, 15) is 4.79 Å². The molecule has 0 aliphatic heterocycles. The quantitative estimate of drug-likeness (QED) is 0.795. The maximum Gasteiger partial charge on any atom is 0.227 e. The number of rotatable bonds is 8. The van der Waals surface area contributed by atoms with Gasteiger partial charge in [-0.1, -0.05) is 20.3 Å². The molecule has 0 radical (unpaired) electrons. The lowest BCUT2D eigenvalue weighted by Gasteiger charge is -2.24. The van der Waals surface area contributed by atoms with Gasteiger partial charge in [0.15, 0.2) is 0 Å². The first-order valence-electron chi connectivity index (χ1n) is 7.26. The highest BCUT2D eigenvalue weighted by atomic mass is 16.5. The Bertz CT molecular complexity index is 403. The standard InChI is InChI=1S/C16H26N2O2/c1-4-13(2)12-16(19)18(11-5-10-17)14-6-8-15(20-3)9-7-14/h6-9,13H,4-5,10-12,17H2,1-3H3. The van der Waals surface area contributed by atoms with Gasteiger partial charge in [-0.25, -0.2) is 0 Å². The van der Waals surface area contributed by atoms with E-state index in [1.54, 1.807) is 7.11 Å². The second-order valence-electron chi connectivity index (χ2n) is 5.10. The van der Waals surface area contributed by atoms with E-state index in [0.29, 0.717) is 25.4 Å². The molecule has 0 spiro atoms. The zero-order valence-corrected chi connectivity index (χ0v) is 12.8. The number of methoxy groups -OCH3 is 1. The molecule has 1 amide bonds. The Labute approximate surface area is 121 Å². The Morgan fingerprint density at radius 3 is 2.50 bits per heavy atom. The number of anilines is 1. The van der Waals surface area contributed by atoms with Crippen LogP contribution in [-0.4, -0.2) is 26.1 Å². The van der Waals surface area contributed by atoms with E-state index in [0.717, 1.165) is 24.3 Å². The summed E-state index contributed by atoms with van der Waals surface area (Å²) in [5.41, 5.74) is 6.48. The van der Waals surface area contributed by atoms with Gasteiger partial charge in [-0.2, -0.15) is 0 Å². The van der Waals surface area contributed by atoms with Crippen molar-refractivity contribution < 1.29 is 9.53 Å². The SMILES string of the molecule is CCC(C)CC(=O)N(CCCN)c1ccc(OC)cc1. The second kappa shape index (κ2) is 8.59. The van der Waals surface area contributed by atoms with Gasteiger partial charge in [0.25, 0.3) is 0 Å². The lowest BCUT2D eigenvalue weighted by atomic mass is 10.0. The third kappa shape index (κ3) is 4.85. The Balaban J connectivity index is 2.83. The van der Waals surface area contributed by atoms with Crippen molar-refractivity contribution in [2.75, 3.05) is 25.1 Å². The molecule has 0 aromatic heterocycles. The Morgan fingerprint density at radius 2 is 2.00 bits per heavy atom. The first kappa shape index (κ1) is 16.5. The van der Waals surface area contributed by atoms with E-state index in [4.69, 9.17) is 10.5 Å². The van der Waals surface area contributed by atoms with Crippen LogP contribution < -0.4 is 15.4 Å². The molecule has 1 aromatic carbocycles. The second-order valence-corrected chi connectivity index (χ2v) is 5.10. The molecule has 112 valence electrons. The van der Waals surface area contributed by atoms with Crippen LogP contribution in [0.4, 0.5) is 5.69 Å². The summed E-state index contributed by atoms with van der Waals surface area (Å²) >= 11 is 0. The van der Waals surface area contributed by atoms with Crippen molar-refractivity contribution in [3.8, 4) is 5.75 Å². The van der Waals surface area contributed by atoms with Gasteiger partial charge in [0, 0.05) is 18.7 Å². The molecule has 0 saturated heterocycles. The molecule has 20 heavy (non-hydrogen) atoms. The highest BCUT2D eigenvalue weighted by Gasteiger charge is 2.17. The van der Waals surface area contributed by atoms with Gasteiger partial charge in [-0.05, 0) is 43.1 Å². The van der Waals surface area contributed by atoms with E-state index in [1.165, 1.54) is 0 Å². The molecule has 1 atom stereocenters. The average Bonchev–Trinajstić information content (AvgIpc) is 2.48. The topological polar surface area (TPSA) is 55.6 Å². The number of carbonyl (C=O) groups excluding carboxylic acids is 1. The highest BCUT2D eigenvalue weighted by molar-refractivity contribution is 5.93. The van der Waals surface area contributed by atoms with E-state index < -0.39 is 0 Å². The molecule has 0 heterocycles. The van der Waals surface area contributed by atoms with Crippen molar-refractivity contribution in [1.82, 2.24) is 0 Å². The molecule has 0 aliphatic rings. The molecule has 0 aliphatic carbocycles. The molecule has 4 nitrogen and oxygen atoms in total. The van der Waals surface area contributed by atoms with E-state index >= 15 is 0 Å². The average molecular weight is 278 g/mol. The fraction of sp³-hybridized carbons (Fsp3) is 0.562. The van der Waals surface area contributed by atoms with Gasteiger partial charge in [-0.15, -0.1) is 0 Å². The molecule has 0 fully saturated rings. The summed E-state index contributed by atoms with van der Waals surface area (Å²) < 4.78 is 5.15. The molecule has 1 rings (SSSR count). The van der Waals surface area contributed by atoms with Gasteiger partial charge in [-0.3, -0.25) is 4.79 Å². The first-order valence-corrected chi connectivity index (χ1v) is 7.26. The van der Waals surface area contributed by atoms with Crippen molar-refractivity contribution in [3.05, 3.63) is 24.3 Å². The Kier molecular flexibility index (Phi) is 7.09. The van der Waals surface area contributed by atoms with Crippen LogP contribution in [0.3, 0.4) is 0 Å². The van der Waals surface area contributed by atoms with Crippen LogP contribution in [0, 0.1) is 5.92 Å². The Morgan fingerprint density at radius 1 is 1.35 bits per heavy atom. The first-order chi connectivity index (χ1) is 9.62. The van der Waals surface area contributed by atoms with Crippen molar-refractivity contribution >= 4 is 11.6 Å². The number of amides is 1. The predicted molar refractivity (Wildman–Crippen MR) is 83.1 cm³/mol. The fourth-order valence-electron chi connectivity index (χ4n) is 1.96. The minimum atomic E-state index is 0.165. The summed E-state index contributed by atoms with van der Waals surface area (Å²) in [7, 11) is 1.63. The third-order valence-corrected chi connectivity index (χ3v) is 3.49. The smallest absolute Gasteiger partial charge is 0.227 e. The number of nitrogens with two attached hydrogens (primary N) is 1. The van der Waals surface area contributed by atoms with Gasteiger partial charge in [0.05, 0.1) is 7.11 Å². The molecule has 1 unspecified atom stereocenters. The largest absolute Gasteiger partial charge is 0.497 e. The van der Waals surface area contributed by atoms with Crippen molar-refractivity contribution in [2.45, 2.75) is 33.1 Å². The summed E-state index contributed by atoms with van der Waals surface area (Å²) in [6.07, 6.45) is 2.39. The van der Waals surface area contributed by atoms with Crippen LogP contribution in [0.15, 0.2) is 24.3 Å². The van der Waals surface area contributed by atoms with Gasteiger partial charge < -0.3 is 15.4 Å². The number of hydrogen-bond donors (Lipinski definition) is 1. The fourth-order valence-corrected chi connectivity index (χ4v) is 1.96. The maximum atomic E-state index is 12.4. The zero-order valence-electron chi connectivity index (χ0n) is 12.8. The summed E-state index contributed by atoms with van der Waals surface area (Å²) in [5.74, 6) is 1.36. The Hall–Kier alpha value is -1.55. The minimum absolute atomic E-state index is 0.165. The van der Waals surface area contributed by atoms with Crippen LogP contribution in [-0.2, 0) is 4.79 Å². The molecule has 2 N–H and O–H groups in total. The van der Waals surface area contributed by atoms with Crippen molar-refractivity contribution in [1.29, 1.82) is 0 Å². The van der Waals surface area contributed by atoms with Gasteiger partial charge in [0.2, 0.25) is 5.91 Å². The van der Waals surface area contributed by atoms with E-state index in [1.807, 2.05) is 29.2 Å². The van der Waals surface area contributed by atoms with Gasteiger partial charge >= 0.3 is 0 Å². The van der Waals surface area contributed by atoms with Crippen LogP contribution in [0.2, 0.25) is 0 Å². The van der Waals surface area contributed by atoms with Crippen LogP contribution in [0.5, 0.6) is 5.75 Å². The summed E-state index contributed by atoms with van der Waals surface area (Å²) in [5, 5.41) is 0. The summed E-state index contributed by atoms with van der Waals surface area (Å²) in [6, 6.07) is 7.59. The zero-order chi connectivity index (χ0) is 15.0. The lowest BCUT2D eigenvalue weighted by molar-refractivity contribution is -0.119. The molecule has 0 saturated carbocycles. The normalized spacial score (nSPS) is 12.0. The number of ether oxygens (including phenoxy) is 1. The highest BCUT2D eigenvalue weighted by Crippen LogP contribution is 2.21. The monoisotopic (exact) mass is 278 g/mol. The van der Waals surface area contributed by atoms with Crippen LogP contribution in [0.25, 0.3) is 0 Å². The lowest BCUT2D eigenvalue weighted by Crippen LogP contribution is -2.33. The number of carbonyl (C=O) groups is 1. The van der Waals surface area contributed by atoms with Gasteiger partial charge in [0.1, 0.15) is 5.75 Å². The molecule has 0 bridgehead atoms. The van der Waals surface area contributed by atoms with Crippen LogP contribution >= 0.6 is 0 Å². The molecule has 1 aromatic rings. The molecular weight excluding hydrogens is 252 g/mol. The molecule has 4 heteroatoms. The van der Waals surface area contributed by atoms with E-state index in [2.05, 4.69) is 13.8 Å². The van der Waals surface area contributed by atoms with Crippen molar-refractivity contribution in [3.63, 3.8) is 0 Å². The number of nitrogens with zero attached hydrogens (tertiary/aromatic N) is 1. The van der Waals surface area contributed by atoms with Crippen molar-refractivity contribution in [2.24, 2.45) is 11.7 Å². The maximum absolute atomic E-state index is 12.4. The summed E-state index contributed by atoms with van der Waals surface area (Å²) in [6.45, 7) is 5.46. The minimum Gasteiger partial charge on any atom is -0.497 e. The molecular formula is C16H26N2O2. The van der Waals surface area contributed by atoms with Crippen LogP contribution in [0.1, 0.15) is 33.1 Å². The number of benzene rings is 1. The predicted octanol–water partition coefficient (Wildman–Crippen LogP) is 2.81. The third-order valence-electron chi connectivity index (χ3n) is 3.49. The number of hydrogen-bond acceptors (Lipinski definition) is 3. The van der Waals surface area contributed by atoms with E-state index in [-0.39, 0.29) is 5.91 Å².